The number of nitrogens with one attached hydrogen (secondary N) is 1. The van der Waals surface area contributed by atoms with Gasteiger partial charge in [0.05, 0.1) is 23.1 Å². The first kappa shape index (κ1) is 22.3. The van der Waals surface area contributed by atoms with E-state index in [-0.39, 0.29) is 23.7 Å². The normalized spacial score (nSPS) is 11.8. The second-order valence-corrected chi connectivity index (χ2v) is 8.07. The minimum absolute atomic E-state index is 0.0634. The zero-order chi connectivity index (χ0) is 24.7. The Balaban J connectivity index is 1.59. The molecule has 1 N–H and O–H groups in total. The standard InChI is InChI=1S/C25H18F3N5O2/c1-15-10-11-19-20(12-15)32(14-16-6-3-2-4-7-16)24(35)22-30-21(31-33(19)22)23(34)29-18-9-5-8-17(13-18)25(26,27)28/h2-13H,14H2,1H3,(H,29,34). The summed E-state index contributed by atoms with van der Waals surface area (Å²) in [4.78, 5) is 30.3. The van der Waals surface area contributed by atoms with Gasteiger partial charge in [0, 0.05) is 5.69 Å². The van der Waals surface area contributed by atoms with Crippen LogP contribution in [0.5, 0.6) is 0 Å². The van der Waals surface area contributed by atoms with Gasteiger partial charge in [0.15, 0.2) is 0 Å². The third-order valence-electron chi connectivity index (χ3n) is 5.53. The molecule has 0 fully saturated rings. The number of benzene rings is 3. The van der Waals surface area contributed by atoms with E-state index in [0.29, 0.717) is 11.0 Å². The zero-order valence-corrected chi connectivity index (χ0v) is 18.4. The summed E-state index contributed by atoms with van der Waals surface area (Å²) in [5, 5.41) is 6.58. The van der Waals surface area contributed by atoms with Crippen LogP contribution in [0.4, 0.5) is 18.9 Å². The van der Waals surface area contributed by atoms with Crippen LogP contribution in [-0.4, -0.2) is 25.1 Å². The number of anilines is 1. The van der Waals surface area contributed by atoms with Gasteiger partial charge < -0.3 is 5.32 Å². The molecule has 0 saturated carbocycles. The van der Waals surface area contributed by atoms with Gasteiger partial charge in [-0.3, -0.25) is 14.2 Å². The van der Waals surface area contributed by atoms with Crippen LogP contribution >= 0.6 is 0 Å². The molecule has 0 aliphatic heterocycles. The van der Waals surface area contributed by atoms with E-state index in [4.69, 9.17) is 0 Å². The molecule has 176 valence electrons. The maximum atomic E-state index is 13.4. The summed E-state index contributed by atoms with van der Waals surface area (Å²) in [6.45, 7) is 2.19. The number of rotatable bonds is 4. The first-order valence-electron chi connectivity index (χ1n) is 10.6. The Morgan fingerprint density at radius 1 is 0.971 bits per heavy atom. The van der Waals surface area contributed by atoms with Crippen LogP contribution < -0.4 is 10.9 Å². The van der Waals surface area contributed by atoms with Crippen molar-refractivity contribution in [1.29, 1.82) is 0 Å². The molecule has 7 nitrogen and oxygen atoms in total. The average molecular weight is 477 g/mol. The van der Waals surface area contributed by atoms with Crippen LogP contribution in [0.25, 0.3) is 16.7 Å². The number of aryl methyl sites for hydroxylation is 1. The van der Waals surface area contributed by atoms with Crippen molar-refractivity contribution in [3.05, 3.63) is 106 Å². The lowest BCUT2D eigenvalue weighted by atomic mass is 10.2. The van der Waals surface area contributed by atoms with Crippen LogP contribution in [0.2, 0.25) is 0 Å². The lowest BCUT2D eigenvalue weighted by Crippen LogP contribution is -2.24. The molecule has 3 aromatic carbocycles. The van der Waals surface area contributed by atoms with Gasteiger partial charge in [-0.2, -0.15) is 18.2 Å². The van der Waals surface area contributed by atoms with E-state index in [0.717, 1.165) is 23.3 Å². The van der Waals surface area contributed by atoms with Crippen molar-refractivity contribution in [2.24, 2.45) is 0 Å². The summed E-state index contributed by atoms with van der Waals surface area (Å²) < 4.78 is 41.9. The minimum Gasteiger partial charge on any atom is -0.319 e. The molecule has 5 rings (SSSR count). The third-order valence-corrected chi connectivity index (χ3v) is 5.53. The van der Waals surface area contributed by atoms with Gasteiger partial charge in [-0.1, -0.05) is 42.5 Å². The van der Waals surface area contributed by atoms with Crippen LogP contribution in [0, 0.1) is 6.92 Å². The van der Waals surface area contributed by atoms with Gasteiger partial charge in [-0.25, -0.2) is 4.52 Å². The summed E-state index contributed by atoms with van der Waals surface area (Å²) >= 11 is 0. The van der Waals surface area contributed by atoms with E-state index in [2.05, 4.69) is 15.4 Å². The fraction of sp³-hybridized carbons (Fsp3) is 0.120. The number of halogens is 3. The summed E-state index contributed by atoms with van der Waals surface area (Å²) in [6.07, 6.45) is -4.55. The molecule has 0 unspecified atom stereocenters. The SMILES string of the molecule is Cc1ccc2c(c1)n(Cc1ccccc1)c(=O)c1nc(C(=O)Nc3cccc(C(F)(F)F)c3)nn12. The molecule has 0 bridgehead atoms. The van der Waals surface area contributed by atoms with Crippen LogP contribution in [0.3, 0.4) is 0 Å². The summed E-state index contributed by atoms with van der Waals surface area (Å²) in [7, 11) is 0. The molecule has 35 heavy (non-hydrogen) atoms. The van der Waals surface area contributed by atoms with Gasteiger partial charge in [0.25, 0.3) is 11.5 Å². The molecule has 0 aliphatic carbocycles. The van der Waals surface area contributed by atoms with Crippen molar-refractivity contribution >= 4 is 28.3 Å². The second-order valence-electron chi connectivity index (χ2n) is 8.07. The van der Waals surface area contributed by atoms with Crippen molar-refractivity contribution in [3.63, 3.8) is 0 Å². The number of aromatic nitrogens is 4. The summed E-state index contributed by atoms with van der Waals surface area (Å²) in [6, 6.07) is 19.1. The second kappa shape index (κ2) is 8.39. The molecule has 0 spiro atoms. The first-order chi connectivity index (χ1) is 16.7. The molecule has 2 heterocycles. The first-order valence-corrected chi connectivity index (χ1v) is 10.6. The molecule has 10 heteroatoms. The van der Waals surface area contributed by atoms with Gasteiger partial charge in [0.1, 0.15) is 0 Å². The molecular formula is C25H18F3N5O2. The quantitative estimate of drug-likeness (QED) is 0.408. The Bertz CT molecular complexity index is 1640. The van der Waals surface area contributed by atoms with Crippen molar-refractivity contribution in [2.45, 2.75) is 19.6 Å². The average Bonchev–Trinajstić information content (AvgIpc) is 3.28. The molecule has 1 amide bonds. The molecular weight excluding hydrogens is 459 g/mol. The highest BCUT2D eigenvalue weighted by atomic mass is 19.4. The van der Waals surface area contributed by atoms with Gasteiger partial charge >= 0.3 is 6.18 Å². The van der Waals surface area contributed by atoms with Gasteiger partial charge in [-0.15, -0.1) is 5.10 Å². The van der Waals surface area contributed by atoms with Crippen molar-refractivity contribution in [1.82, 2.24) is 19.2 Å². The number of alkyl halides is 3. The highest BCUT2D eigenvalue weighted by molar-refractivity contribution is 6.02. The van der Waals surface area contributed by atoms with E-state index >= 15 is 0 Å². The number of carbonyl (C=O) groups excluding carboxylic acids is 1. The van der Waals surface area contributed by atoms with Crippen LogP contribution in [-0.2, 0) is 12.7 Å². The number of hydrogen-bond donors (Lipinski definition) is 1. The fourth-order valence-electron chi connectivity index (χ4n) is 3.86. The minimum atomic E-state index is -4.55. The monoisotopic (exact) mass is 477 g/mol. The summed E-state index contributed by atoms with van der Waals surface area (Å²) in [5.74, 6) is -1.17. The molecule has 2 aromatic heterocycles. The van der Waals surface area contributed by atoms with Gasteiger partial charge in [-0.05, 0) is 48.4 Å². The van der Waals surface area contributed by atoms with E-state index in [1.54, 1.807) is 10.6 Å². The Hall–Kier alpha value is -4.47. The van der Waals surface area contributed by atoms with E-state index < -0.39 is 23.2 Å². The Kier molecular flexibility index (Phi) is 5.35. The Labute approximate surface area is 196 Å². The molecule has 0 radical (unpaired) electrons. The number of fused-ring (bicyclic) bond motifs is 3. The predicted octanol–water partition coefficient (Wildman–Crippen LogP) is 4.67. The predicted molar refractivity (Wildman–Crippen MR) is 124 cm³/mol. The largest absolute Gasteiger partial charge is 0.416 e. The Morgan fingerprint density at radius 3 is 2.49 bits per heavy atom. The Morgan fingerprint density at radius 2 is 1.74 bits per heavy atom. The maximum Gasteiger partial charge on any atom is 0.416 e. The van der Waals surface area contributed by atoms with Crippen molar-refractivity contribution in [3.8, 4) is 0 Å². The van der Waals surface area contributed by atoms with Crippen molar-refractivity contribution in [2.75, 3.05) is 5.32 Å². The number of amides is 1. The molecule has 0 aliphatic rings. The molecule has 5 aromatic rings. The number of hydrogen-bond acceptors (Lipinski definition) is 4. The lowest BCUT2D eigenvalue weighted by molar-refractivity contribution is -0.137. The molecule has 0 saturated heterocycles. The molecule has 0 atom stereocenters. The highest BCUT2D eigenvalue weighted by Crippen LogP contribution is 2.30. The van der Waals surface area contributed by atoms with E-state index in [1.165, 1.54) is 16.6 Å². The fourth-order valence-corrected chi connectivity index (χ4v) is 3.86. The topological polar surface area (TPSA) is 81.3 Å². The van der Waals surface area contributed by atoms with Crippen LogP contribution in [0.15, 0.2) is 77.6 Å². The third kappa shape index (κ3) is 4.25. The van der Waals surface area contributed by atoms with Gasteiger partial charge in [0.2, 0.25) is 11.5 Å². The van der Waals surface area contributed by atoms with E-state index in [9.17, 15) is 22.8 Å². The lowest BCUT2D eigenvalue weighted by Gasteiger charge is -2.12. The maximum absolute atomic E-state index is 13.4. The summed E-state index contributed by atoms with van der Waals surface area (Å²) in [5.41, 5.74) is 1.54. The number of nitrogens with zero attached hydrogens (tertiary/aromatic N) is 4. The zero-order valence-electron chi connectivity index (χ0n) is 18.4. The van der Waals surface area contributed by atoms with E-state index in [1.807, 2.05) is 49.4 Å². The highest BCUT2D eigenvalue weighted by Gasteiger charge is 2.30. The smallest absolute Gasteiger partial charge is 0.319 e. The van der Waals surface area contributed by atoms with Crippen LogP contribution in [0.1, 0.15) is 27.3 Å². The van der Waals surface area contributed by atoms with Crippen molar-refractivity contribution < 1.29 is 18.0 Å². The number of carbonyl (C=O) groups is 1.